The van der Waals surface area contributed by atoms with Gasteiger partial charge in [0.1, 0.15) is 22.7 Å². The zero-order valence-corrected chi connectivity index (χ0v) is 28.0. The second-order valence-corrected chi connectivity index (χ2v) is 14.2. The summed E-state index contributed by atoms with van der Waals surface area (Å²) in [5.74, 6) is 0.638. The van der Waals surface area contributed by atoms with E-state index in [1.807, 2.05) is 32.9 Å². The first-order valence-corrected chi connectivity index (χ1v) is 16.6. The number of halogens is 1. The van der Waals surface area contributed by atoms with Crippen molar-refractivity contribution in [2.45, 2.75) is 84.0 Å². The molecule has 1 aliphatic carbocycles. The molecular formula is C34H45FN8O4. The fraction of sp³-hybridized carbons (Fsp3) is 0.588. The van der Waals surface area contributed by atoms with Gasteiger partial charge >= 0.3 is 6.09 Å². The van der Waals surface area contributed by atoms with Crippen LogP contribution >= 0.6 is 0 Å². The molecule has 5 heterocycles. The summed E-state index contributed by atoms with van der Waals surface area (Å²) in [5, 5.41) is 3.87. The minimum absolute atomic E-state index is 0.00450. The van der Waals surface area contributed by atoms with Crippen LogP contribution in [0, 0.1) is 6.92 Å². The van der Waals surface area contributed by atoms with Crippen molar-refractivity contribution in [2.75, 3.05) is 56.0 Å². The van der Waals surface area contributed by atoms with Crippen LogP contribution in [0.1, 0.15) is 81.8 Å². The molecule has 3 aliphatic rings. The number of carbonyl (C=O) groups excluding carboxylic acids is 2. The van der Waals surface area contributed by atoms with Crippen molar-refractivity contribution >= 4 is 40.4 Å². The van der Waals surface area contributed by atoms with E-state index in [1.165, 1.54) is 11.8 Å². The van der Waals surface area contributed by atoms with Gasteiger partial charge in [0.15, 0.2) is 5.78 Å². The van der Waals surface area contributed by atoms with Gasteiger partial charge in [0.05, 0.1) is 24.0 Å². The third-order valence-electron chi connectivity index (χ3n) is 9.44. The highest BCUT2D eigenvalue weighted by atomic mass is 19.1. The molecule has 6 rings (SSSR count). The number of ketones is 1. The Morgan fingerprint density at radius 1 is 1.06 bits per heavy atom. The van der Waals surface area contributed by atoms with Gasteiger partial charge in [-0.1, -0.05) is 12.8 Å². The summed E-state index contributed by atoms with van der Waals surface area (Å²) in [6.45, 7) is 12.2. The Morgan fingerprint density at radius 3 is 2.43 bits per heavy atom. The molecule has 1 atom stereocenters. The number of carbonyl (C=O) groups is 2. The third kappa shape index (κ3) is 7.09. The lowest BCUT2D eigenvalue weighted by Gasteiger charge is -2.38. The largest absolute Gasteiger partial charge is 0.444 e. The van der Waals surface area contributed by atoms with Crippen LogP contribution in [0.2, 0.25) is 0 Å². The summed E-state index contributed by atoms with van der Waals surface area (Å²) in [7, 11) is 0. The molecule has 3 fully saturated rings. The van der Waals surface area contributed by atoms with Crippen LogP contribution in [-0.2, 0) is 4.74 Å². The number of piperazine rings is 1. The van der Waals surface area contributed by atoms with Crippen molar-refractivity contribution < 1.29 is 18.7 Å². The fourth-order valence-electron chi connectivity index (χ4n) is 7.08. The molecule has 47 heavy (non-hydrogen) atoms. The predicted octanol–water partition coefficient (Wildman–Crippen LogP) is 5.03. The van der Waals surface area contributed by atoms with Crippen LogP contribution in [0.3, 0.4) is 0 Å². The van der Waals surface area contributed by atoms with Crippen LogP contribution in [-0.4, -0.2) is 98.3 Å². The van der Waals surface area contributed by atoms with Gasteiger partial charge in [0, 0.05) is 63.3 Å². The van der Waals surface area contributed by atoms with Gasteiger partial charge in [-0.2, -0.15) is 4.98 Å². The topological polar surface area (TPSA) is 126 Å². The Hall–Kier alpha value is -4.13. The highest BCUT2D eigenvalue weighted by molar-refractivity contribution is 5.99. The number of ether oxygens (including phenoxy) is 1. The summed E-state index contributed by atoms with van der Waals surface area (Å²) >= 11 is 0. The maximum atomic E-state index is 15.7. The smallest absolute Gasteiger partial charge is 0.410 e. The van der Waals surface area contributed by atoms with Gasteiger partial charge in [0.25, 0.3) is 5.56 Å². The molecule has 1 N–H and O–H groups in total. The summed E-state index contributed by atoms with van der Waals surface area (Å²) in [6, 6.07) is 3.85. The average molecular weight is 649 g/mol. The Morgan fingerprint density at radius 2 is 1.79 bits per heavy atom. The number of amides is 1. The number of fused-ring (bicyclic) bond motifs is 1. The molecule has 2 aliphatic heterocycles. The number of likely N-dealkylation sites (tertiary alicyclic amines) is 1. The fourth-order valence-corrected chi connectivity index (χ4v) is 7.08. The molecule has 0 radical (unpaired) electrons. The molecule has 2 saturated heterocycles. The lowest BCUT2D eigenvalue weighted by Crippen LogP contribution is -2.51. The van der Waals surface area contributed by atoms with E-state index in [0.29, 0.717) is 54.4 Å². The number of anilines is 3. The van der Waals surface area contributed by atoms with E-state index in [9.17, 15) is 14.4 Å². The van der Waals surface area contributed by atoms with Gasteiger partial charge < -0.3 is 19.9 Å². The van der Waals surface area contributed by atoms with E-state index in [0.717, 1.165) is 44.5 Å². The summed E-state index contributed by atoms with van der Waals surface area (Å²) in [5.41, 5.74) is -0.0309. The molecule has 13 heteroatoms. The van der Waals surface area contributed by atoms with E-state index < -0.39 is 17.4 Å². The van der Waals surface area contributed by atoms with Crippen LogP contribution in [0.4, 0.5) is 26.6 Å². The van der Waals surface area contributed by atoms with Crippen molar-refractivity contribution in [3.63, 3.8) is 0 Å². The van der Waals surface area contributed by atoms with Crippen molar-refractivity contribution in [3.8, 4) is 0 Å². The Balaban J connectivity index is 1.08. The molecular weight excluding hydrogens is 603 g/mol. The minimum atomic E-state index is -1.45. The Kier molecular flexibility index (Phi) is 8.94. The number of hydrogen-bond acceptors (Lipinski definition) is 10. The summed E-state index contributed by atoms with van der Waals surface area (Å²) < 4.78 is 22.8. The molecule has 3 aromatic rings. The predicted molar refractivity (Wildman–Crippen MR) is 178 cm³/mol. The van der Waals surface area contributed by atoms with Crippen molar-refractivity contribution in [1.82, 2.24) is 29.3 Å². The second-order valence-electron chi connectivity index (χ2n) is 14.2. The standard InChI is InChI=1S/C34H45FN8O4/c1-22-26-19-37-31(39-29(26)43(24-8-6-7-9-24)30(45)28(22)23(2)44)38-27-11-10-25(18-36-27)41-16-14-40(15-17-41)20-34(35)12-13-42(21-34)32(46)47-33(3,4)5/h10-11,18-19,24H,6-9,12-17,20-21H2,1-5H3,(H,36,37,38,39). The number of hydrogen-bond donors (Lipinski definition) is 1. The van der Waals surface area contributed by atoms with E-state index in [-0.39, 0.29) is 36.0 Å². The number of nitrogens with one attached hydrogen (secondary N) is 1. The average Bonchev–Trinajstić information content (AvgIpc) is 3.67. The first-order valence-electron chi connectivity index (χ1n) is 16.6. The lowest BCUT2D eigenvalue weighted by molar-refractivity contribution is 0.0235. The third-order valence-corrected chi connectivity index (χ3v) is 9.44. The van der Waals surface area contributed by atoms with Gasteiger partial charge in [-0.3, -0.25) is 19.1 Å². The normalized spacial score (nSPS) is 21.1. The maximum absolute atomic E-state index is 15.7. The number of alkyl halides is 1. The second kappa shape index (κ2) is 12.8. The van der Waals surface area contributed by atoms with Gasteiger partial charge in [-0.05, 0) is 65.2 Å². The van der Waals surface area contributed by atoms with E-state index in [4.69, 9.17) is 9.72 Å². The molecule has 0 bridgehead atoms. The molecule has 1 saturated carbocycles. The highest BCUT2D eigenvalue weighted by Gasteiger charge is 2.43. The highest BCUT2D eigenvalue weighted by Crippen LogP contribution is 2.32. The molecule has 0 spiro atoms. The SMILES string of the molecule is CC(=O)c1c(C)c2cnc(Nc3ccc(N4CCN(CC5(F)CCN(C(=O)OC(C)(C)C)C5)CC4)cn3)nc2n(C2CCCC2)c1=O. The zero-order valence-electron chi connectivity index (χ0n) is 28.0. The summed E-state index contributed by atoms with van der Waals surface area (Å²) in [4.78, 5) is 58.0. The zero-order chi connectivity index (χ0) is 33.5. The van der Waals surface area contributed by atoms with E-state index in [2.05, 4.69) is 25.1 Å². The quantitative estimate of drug-likeness (QED) is 0.349. The number of nitrogens with zero attached hydrogens (tertiary/aromatic N) is 7. The molecule has 252 valence electrons. The number of aromatic nitrogens is 4. The number of Topliss-reactive ketones (excluding diaryl/α,β-unsaturated/α-hetero) is 1. The molecule has 12 nitrogen and oxygen atoms in total. The van der Waals surface area contributed by atoms with Crippen molar-refractivity contribution in [1.29, 1.82) is 0 Å². The molecule has 1 unspecified atom stereocenters. The monoisotopic (exact) mass is 648 g/mol. The van der Waals surface area contributed by atoms with Gasteiger partial charge in [0.2, 0.25) is 5.95 Å². The summed E-state index contributed by atoms with van der Waals surface area (Å²) in [6.07, 6.45) is 7.15. The first-order chi connectivity index (χ1) is 22.3. The van der Waals surface area contributed by atoms with Crippen LogP contribution in [0.25, 0.3) is 11.0 Å². The van der Waals surface area contributed by atoms with Crippen LogP contribution < -0.4 is 15.8 Å². The van der Waals surface area contributed by atoms with Crippen molar-refractivity contribution in [2.24, 2.45) is 0 Å². The molecule has 3 aromatic heterocycles. The molecule has 0 aromatic carbocycles. The minimum Gasteiger partial charge on any atom is -0.444 e. The van der Waals surface area contributed by atoms with E-state index in [1.54, 1.807) is 23.9 Å². The van der Waals surface area contributed by atoms with Crippen LogP contribution in [0.5, 0.6) is 0 Å². The molecule has 1 amide bonds. The first kappa shape index (κ1) is 32.8. The van der Waals surface area contributed by atoms with E-state index >= 15 is 4.39 Å². The van der Waals surface area contributed by atoms with Gasteiger partial charge in [-0.25, -0.2) is 19.2 Å². The Labute approximate surface area is 274 Å². The lowest BCUT2D eigenvalue weighted by atomic mass is 10.0. The van der Waals surface area contributed by atoms with Crippen molar-refractivity contribution in [3.05, 3.63) is 46.0 Å². The number of aryl methyl sites for hydroxylation is 1. The number of rotatable bonds is 7. The van der Waals surface area contributed by atoms with Gasteiger partial charge in [-0.15, -0.1) is 0 Å². The van der Waals surface area contributed by atoms with Crippen LogP contribution in [0.15, 0.2) is 29.3 Å². The number of pyridine rings is 2. The maximum Gasteiger partial charge on any atom is 0.410 e. The Bertz CT molecular complexity index is 1710.